The predicted molar refractivity (Wildman–Crippen MR) is 67.3 cm³/mol. The molecule has 0 spiro atoms. The highest BCUT2D eigenvalue weighted by atomic mass is 15.2. The number of aromatic nitrogens is 2. The van der Waals surface area contributed by atoms with Crippen molar-refractivity contribution in [3.63, 3.8) is 0 Å². The highest BCUT2D eigenvalue weighted by Crippen LogP contribution is 2.01. The van der Waals surface area contributed by atoms with Crippen LogP contribution in [0.3, 0.4) is 0 Å². The van der Waals surface area contributed by atoms with Crippen LogP contribution in [-0.2, 0) is 13.5 Å². The van der Waals surface area contributed by atoms with E-state index in [1.807, 2.05) is 17.9 Å². The molecule has 2 N–H and O–H groups in total. The summed E-state index contributed by atoms with van der Waals surface area (Å²) in [5.74, 6) is 0. The topological polar surface area (TPSA) is 47.1 Å². The Labute approximate surface area is 98.4 Å². The summed E-state index contributed by atoms with van der Waals surface area (Å²) in [6.45, 7) is 6.22. The van der Waals surface area contributed by atoms with Gasteiger partial charge >= 0.3 is 0 Å². The third kappa shape index (κ3) is 4.77. The average Bonchev–Trinajstić information content (AvgIpc) is 2.68. The fraction of sp³-hybridized carbons (Fsp3) is 0.750. The zero-order valence-electron chi connectivity index (χ0n) is 10.5. The largest absolute Gasteiger partial charge is 0.329 e. The Morgan fingerprint density at radius 1 is 1.38 bits per heavy atom. The van der Waals surface area contributed by atoms with Crippen molar-refractivity contribution in [2.24, 2.45) is 12.8 Å². The molecule has 0 aromatic carbocycles. The van der Waals surface area contributed by atoms with Gasteiger partial charge in [0.1, 0.15) is 0 Å². The molecule has 0 bridgehead atoms. The van der Waals surface area contributed by atoms with Crippen LogP contribution in [0.4, 0.5) is 0 Å². The summed E-state index contributed by atoms with van der Waals surface area (Å²) < 4.78 is 1.86. The van der Waals surface area contributed by atoms with Crippen LogP contribution in [-0.4, -0.2) is 40.9 Å². The molecule has 4 heteroatoms. The summed E-state index contributed by atoms with van der Waals surface area (Å²) in [6.07, 6.45) is 7.60. The van der Waals surface area contributed by atoms with E-state index < -0.39 is 0 Å². The molecule has 92 valence electrons. The molecule has 0 amide bonds. The molecule has 0 aliphatic carbocycles. The van der Waals surface area contributed by atoms with Gasteiger partial charge in [-0.25, -0.2) is 0 Å². The van der Waals surface area contributed by atoms with Crippen molar-refractivity contribution in [1.29, 1.82) is 0 Å². The van der Waals surface area contributed by atoms with Gasteiger partial charge in [0.15, 0.2) is 0 Å². The number of unbranched alkanes of at least 4 members (excludes halogenated alkanes) is 1. The number of aryl methyl sites for hydroxylation is 1. The highest BCUT2D eigenvalue weighted by molar-refractivity contribution is 5.03. The molecule has 0 fully saturated rings. The summed E-state index contributed by atoms with van der Waals surface area (Å²) in [6, 6.07) is 0. The van der Waals surface area contributed by atoms with E-state index >= 15 is 0 Å². The monoisotopic (exact) mass is 224 g/mol. The van der Waals surface area contributed by atoms with E-state index in [0.717, 1.165) is 32.6 Å². The summed E-state index contributed by atoms with van der Waals surface area (Å²) >= 11 is 0. The second-order valence-corrected chi connectivity index (χ2v) is 4.26. The first kappa shape index (κ1) is 13.2. The molecule has 16 heavy (non-hydrogen) atoms. The van der Waals surface area contributed by atoms with Gasteiger partial charge in [-0.1, -0.05) is 13.3 Å². The van der Waals surface area contributed by atoms with Crippen LogP contribution in [0.2, 0.25) is 0 Å². The van der Waals surface area contributed by atoms with Gasteiger partial charge < -0.3 is 10.6 Å². The number of hydrogen-bond acceptors (Lipinski definition) is 3. The summed E-state index contributed by atoms with van der Waals surface area (Å²) in [4.78, 5) is 2.44. The fourth-order valence-electron chi connectivity index (χ4n) is 1.79. The van der Waals surface area contributed by atoms with Gasteiger partial charge in [0.25, 0.3) is 0 Å². The van der Waals surface area contributed by atoms with Gasteiger partial charge in [-0.2, -0.15) is 5.10 Å². The second kappa shape index (κ2) is 7.41. The van der Waals surface area contributed by atoms with Crippen LogP contribution < -0.4 is 5.73 Å². The molecular weight excluding hydrogens is 200 g/mol. The lowest BCUT2D eigenvalue weighted by molar-refractivity contribution is 0.280. The number of rotatable bonds is 8. The van der Waals surface area contributed by atoms with Crippen LogP contribution in [0.25, 0.3) is 0 Å². The van der Waals surface area contributed by atoms with Gasteiger partial charge in [-0.15, -0.1) is 0 Å². The Balaban J connectivity index is 2.30. The third-order valence-electron chi connectivity index (χ3n) is 2.75. The summed E-state index contributed by atoms with van der Waals surface area (Å²) in [5, 5.41) is 4.18. The normalized spacial score (nSPS) is 11.2. The molecular formula is C12H24N4. The average molecular weight is 224 g/mol. The maximum Gasteiger partial charge on any atom is 0.0522 e. The molecule has 0 saturated carbocycles. The molecule has 0 radical (unpaired) electrons. The van der Waals surface area contributed by atoms with Crippen molar-refractivity contribution in [3.8, 4) is 0 Å². The smallest absolute Gasteiger partial charge is 0.0522 e. The molecule has 0 aliphatic heterocycles. The Hall–Kier alpha value is -0.870. The molecule has 1 heterocycles. The molecule has 0 aliphatic rings. The Morgan fingerprint density at radius 3 is 2.75 bits per heavy atom. The first-order valence-electron chi connectivity index (χ1n) is 6.16. The Bertz CT molecular complexity index is 282. The minimum absolute atomic E-state index is 0.747. The molecule has 0 unspecified atom stereocenters. The van der Waals surface area contributed by atoms with E-state index in [9.17, 15) is 0 Å². The van der Waals surface area contributed by atoms with Gasteiger partial charge in [0.2, 0.25) is 0 Å². The predicted octanol–water partition coefficient (Wildman–Crippen LogP) is 1.02. The molecule has 1 aromatic rings. The molecule has 1 aromatic heterocycles. The van der Waals surface area contributed by atoms with E-state index in [1.54, 1.807) is 0 Å². The summed E-state index contributed by atoms with van der Waals surface area (Å²) in [7, 11) is 1.96. The Morgan fingerprint density at radius 2 is 2.19 bits per heavy atom. The second-order valence-electron chi connectivity index (χ2n) is 4.26. The maximum atomic E-state index is 5.62. The third-order valence-corrected chi connectivity index (χ3v) is 2.75. The Kier molecular flexibility index (Phi) is 6.11. The van der Waals surface area contributed by atoms with Crippen LogP contribution in [0.1, 0.15) is 25.3 Å². The minimum atomic E-state index is 0.747. The van der Waals surface area contributed by atoms with Crippen LogP contribution in [0.5, 0.6) is 0 Å². The van der Waals surface area contributed by atoms with Gasteiger partial charge in [0, 0.05) is 32.9 Å². The molecule has 1 rings (SSSR count). The van der Waals surface area contributed by atoms with E-state index in [4.69, 9.17) is 5.73 Å². The van der Waals surface area contributed by atoms with Gasteiger partial charge in [-0.3, -0.25) is 4.68 Å². The van der Waals surface area contributed by atoms with E-state index in [2.05, 4.69) is 23.1 Å². The van der Waals surface area contributed by atoms with Crippen molar-refractivity contribution >= 4 is 0 Å². The zero-order chi connectivity index (χ0) is 11.8. The highest BCUT2D eigenvalue weighted by Gasteiger charge is 2.04. The zero-order valence-corrected chi connectivity index (χ0v) is 10.5. The van der Waals surface area contributed by atoms with Crippen LogP contribution >= 0.6 is 0 Å². The first-order valence-corrected chi connectivity index (χ1v) is 6.16. The van der Waals surface area contributed by atoms with E-state index in [1.165, 1.54) is 18.4 Å². The molecule has 4 nitrogen and oxygen atoms in total. The number of nitrogens with zero attached hydrogens (tertiary/aromatic N) is 3. The lowest BCUT2D eigenvalue weighted by Gasteiger charge is -2.20. The number of hydrogen-bond donors (Lipinski definition) is 1. The van der Waals surface area contributed by atoms with Crippen molar-refractivity contribution in [2.75, 3.05) is 26.2 Å². The molecule has 0 saturated heterocycles. The van der Waals surface area contributed by atoms with E-state index in [0.29, 0.717) is 0 Å². The van der Waals surface area contributed by atoms with Crippen LogP contribution in [0, 0.1) is 0 Å². The SMILES string of the molecule is CCCCN(CCN)CCc1cnn(C)c1. The lowest BCUT2D eigenvalue weighted by Crippen LogP contribution is -2.32. The minimum Gasteiger partial charge on any atom is -0.329 e. The van der Waals surface area contributed by atoms with Gasteiger partial charge in [0.05, 0.1) is 6.20 Å². The van der Waals surface area contributed by atoms with Gasteiger partial charge in [-0.05, 0) is 24.9 Å². The quantitative estimate of drug-likeness (QED) is 0.717. The number of nitrogens with two attached hydrogens (primary N) is 1. The fourth-order valence-corrected chi connectivity index (χ4v) is 1.79. The van der Waals surface area contributed by atoms with Crippen LogP contribution in [0.15, 0.2) is 12.4 Å². The van der Waals surface area contributed by atoms with Crippen molar-refractivity contribution < 1.29 is 0 Å². The van der Waals surface area contributed by atoms with Crippen molar-refractivity contribution in [2.45, 2.75) is 26.2 Å². The first-order chi connectivity index (χ1) is 7.76. The molecule has 0 atom stereocenters. The standard InChI is InChI=1S/C12H24N4/c1-3-4-7-16(9-6-13)8-5-12-10-14-15(2)11-12/h10-11H,3-9,13H2,1-2H3. The maximum absolute atomic E-state index is 5.62. The summed E-state index contributed by atoms with van der Waals surface area (Å²) in [5.41, 5.74) is 6.92. The van der Waals surface area contributed by atoms with Crippen molar-refractivity contribution in [3.05, 3.63) is 18.0 Å². The van der Waals surface area contributed by atoms with E-state index in [-0.39, 0.29) is 0 Å². The lowest BCUT2D eigenvalue weighted by atomic mass is 10.2. The van der Waals surface area contributed by atoms with Crippen molar-refractivity contribution in [1.82, 2.24) is 14.7 Å².